The maximum absolute atomic E-state index is 4.19. The molecule has 2 atom stereocenters. The largest absolute Gasteiger partial charge is 0.306 e. The minimum atomic E-state index is 0.139. The molecule has 2 aliphatic heterocycles. The molecule has 1 aliphatic carbocycles. The van der Waals surface area contributed by atoms with Crippen LogP contribution in [0.15, 0.2) is 10.2 Å². The molecule has 0 aromatic heterocycles. The van der Waals surface area contributed by atoms with E-state index in [0.717, 1.165) is 11.8 Å². The zero-order valence-electron chi connectivity index (χ0n) is 7.53. The van der Waals surface area contributed by atoms with E-state index >= 15 is 0 Å². The molecule has 66 valence electrons. The zero-order chi connectivity index (χ0) is 8.18. The molecule has 0 aromatic rings. The molecule has 2 fully saturated rings. The van der Waals surface area contributed by atoms with Gasteiger partial charge in [-0.05, 0) is 38.3 Å². The van der Waals surface area contributed by atoms with Crippen LogP contribution in [-0.2, 0) is 0 Å². The van der Waals surface area contributed by atoms with Crippen LogP contribution in [0.5, 0.6) is 0 Å². The Bertz CT molecular complexity index is 230. The molecule has 3 heteroatoms. The molecule has 0 amide bonds. The van der Waals surface area contributed by atoms with Gasteiger partial charge >= 0.3 is 0 Å². The van der Waals surface area contributed by atoms with Crippen LogP contribution in [0, 0.1) is 11.8 Å². The van der Waals surface area contributed by atoms with Crippen molar-refractivity contribution >= 4 is 0 Å². The van der Waals surface area contributed by atoms with E-state index in [2.05, 4.69) is 22.2 Å². The van der Waals surface area contributed by atoms with Gasteiger partial charge in [0.2, 0.25) is 0 Å². The highest BCUT2D eigenvalue weighted by molar-refractivity contribution is 5.05. The molecule has 0 radical (unpaired) electrons. The fourth-order valence-corrected chi connectivity index (χ4v) is 2.92. The lowest BCUT2D eigenvalue weighted by molar-refractivity contribution is 0.166. The van der Waals surface area contributed by atoms with E-state index in [4.69, 9.17) is 0 Å². The molecule has 2 unspecified atom stereocenters. The predicted molar refractivity (Wildman–Crippen MR) is 45.9 cm³/mol. The second-order valence-corrected chi connectivity index (χ2v) is 4.66. The highest BCUT2D eigenvalue weighted by Crippen LogP contribution is 2.52. The van der Waals surface area contributed by atoms with Gasteiger partial charge in [0.1, 0.15) is 0 Å². The zero-order valence-corrected chi connectivity index (χ0v) is 7.53. The van der Waals surface area contributed by atoms with Gasteiger partial charge in [-0.15, -0.1) is 0 Å². The average Bonchev–Trinajstić information content (AvgIpc) is 2.63. The molecular formula is C9H15N3. The Morgan fingerprint density at radius 3 is 2.75 bits per heavy atom. The first kappa shape index (κ1) is 7.01. The average molecular weight is 165 g/mol. The molecule has 12 heavy (non-hydrogen) atoms. The van der Waals surface area contributed by atoms with E-state index in [1.165, 1.54) is 32.4 Å². The van der Waals surface area contributed by atoms with Gasteiger partial charge in [0.25, 0.3) is 0 Å². The van der Waals surface area contributed by atoms with Crippen LogP contribution in [0.1, 0.15) is 19.3 Å². The quantitative estimate of drug-likeness (QED) is 0.534. The number of likely N-dealkylation sites (tertiary alicyclic amines) is 1. The Morgan fingerprint density at radius 1 is 1.25 bits per heavy atom. The maximum atomic E-state index is 4.19. The van der Waals surface area contributed by atoms with E-state index in [1.807, 2.05) is 0 Å². The van der Waals surface area contributed by atoms with Gasteiger partial charge in [-0.3, -0.25) is 0 Å². The minimum Gasteiger partial charge on any atom is -0.306 e. The van der Waals surface area contributed by atoms with E-state index in [9.17, 15) is 0 Å². The van der Waals surface area contributed by atoms with Crippen molar-refractivity contribution < 1.29 is 0 Å². The van der Waals surface area contributed by atoms with Crippen LogP contribution in [0.3, 0.4) is 0 Å². The highest BCUT2D eigenvalue weighted by Gasteiger charge is 2.52. The first-order valence-corrected chi connectivity index (χ1v) is 4.90. The number of hydrogen-bond acceptors (Lipinski definition) is 3. The molecule has 1 saturated heterocycles. The van der Waals surface area contributed by atoms with Crippen molar-refractivity contribution in [3.63, 3.8) is 0 Å². The molecule has 3 rings (SSSR count). The van der Waals surface area contributed by atoms with Crippen molar-refractivity contribution in [1.82, 2.24) is 4.90 Å². The van der Waals surface area contributed by atoms with Crippen LogP contribution in [-0.4, -0.2) is 30.7 Å². The fourth-order valence-electron chi connectivity index (χ4n) is 2.92. The summed E-state index contributed by atoms with van der Waals surface area (Å²) in [5.74, 6) is 1.81. The standard InChI is InChI=1S/C9H15N3/c1-12-3-2-7-4-9(10-11-9)5-8(7)6-12/h7-8H,2-6H2,1H3. The third-order valence-electron chi connectivity index (χ3n) is 3.66. The lowest BCUT2D eigenvalue weighted by Gasteiger charge is -2.31. The normalized spacial score (nSPS) is 43.4. The summed E-state index contributed by atoms with van der Waals surface area (Å²) in [5, 5.41) is 8.38. The van der Waals surface area contributed by atoms with Crippen LogP contribution in [0.2, 0.25) is 0 Å². The summed E-state index contributed by atoms with van der Waals surface area (Å²) in [7, 11) is 2.22. The summed E-state index contributed by atoms with van der Waals surface area (Å²) in [5.41, 5.74) is 0.139. The third-order valence-corrected chi connectivity index (χ3v) is 3.66. The fraction of sp³-hybridized carbons (Fsp3) is 1.00. The molecular weight excluding hydrogens is 150 g/mol. The van der Waals surface area contributed by atoms with Crippen LogP contribution >= 0.6 is 0 Å². The summed E-state index contributed by atoms with van der Waals surface area (Å²) in [6.07, 6.45) is 3.86. The second-order valence-electron chi connectivity index (χ2n) is 4.66. The first-order chi connectivity index (χ1) is 5.77. The number of nitrogens with zero attached hydrogens (tertiary/aromatic N) is 3. The lowest BCUT2D eigenvalue weighted by atomic mass is 9.89. The summed E-state index contributed by atoms with van der Waals surface area (Å²) >= 11 is 0. The smallest absolute Gasteiger partial charge is 0.191 e. The van der Waals surface area contributed by atoms with Crippen molar-refractivity contribution in [1.29, 1.82) is 0 Å². The van der Waals surface area contributed by atoms with Gasteiger partial charge in [0.15, 0.2) is 5.66 Å². The number of fused-ring (bicyclic) bond motifs is 1. The van der Waals surface area contributed by atoms with E-state index in [1.54, 1.807) is 0 Å². The van der Waals surface area contributed by atoms with E-state index in [-0.39, 0.29) is 5.66 Å². The monoisotopic (exact) mass is 165 g/mol. The van der Waals surface area contributed by atoms with Crippen molar-refractivity contribution in [2.24, 2.45) is 22.1 Å². The number of rotatable bonds is 0. The highest BCUT2D eigenvalue weighted by atomic mass is 15.4. The minimum absolute atomic E-state index is 0.139. The molecule has 3 nitrogen and oxygen atoms in total. The van der Waals surface area contributed by atoms with Crippen LogP contribution in [0.4, 0.5) is 0 Å². The molecule has 0 aromatic carbocycles. The van der Waals surface area contributed by atoms with Gasteiger partial charge in [-0.1, -0.05) is 0 Å². The van der Waals surface area contributed by atoms with Crippen molar-refractivity contribution in [3.8, 4) is 0 Å². The Kier molecular flexibility index (Phi) is 1.21. The molecule has 3 aliphatic rings. The Balaban J connectivity index is 1.74. The predicted octanol–water partition coefficient (Wildman–Crippen LogP) is 1.51. The molecule has 0 bridgehead atoms. The van der Waals surface area contributed by atoms with Crippen LogP contribution in [0.25, 0.3) is 0 Å². The SMILES string of the molecule is CN1CCC2CC3(CC2C1)N=N3. The lowest BCUT2D eigenvalue weighted by Crippen LogP contribution is -2.35. The van der Waals surface area contributed by atoms with Crippen molar-refractivity contribution in [2.75, 3.05) is 20.1 Å². The van der Waals surface area contributed by atoms with Crippen molar-refractivity contribution in [3.05, 3.63) is 0 Å². The van der Waals surface area contributed by atoms with Gasteiger partial charge in [0.05, 0.1) is 0 Å². The Hall–Kier alpha value is -0.440. The van der Waals surface area contributed by atoms with E-state index in [0.29, 0.717) is 0 Å². The van der Waals surface area contributed by atoms with Gasteiger partial charge in [-0.25, -0.2) is 0 Å². The molecule has 0 N–H and O–H groups in total. The topological polar surface area (TPSA) is 28.0 Å². The molecule has 1 saturated carbocycles. The molecule has 1 spiro atoms. The Labute approximate surface area is 72.8 Å². The van der Waals surface area contributed by atoms with Crippen molar-refractivity contribution in [2.45, 2.75) is 24.9 Å². The third kappa shape index (κ3) is 0.922. The summed E-state index contributed by atoms with van der Waals surface area (Å²) < 4.78 is 0. The van der Waals surface area contributed by atoms with Gasteiger partial charge in [-0.2, -0.15) is 10.2 Å². The molecule has 2 heterocycles. The second kappa shape index (κ2) is 2.08. The number of hydrogen-bond donors (Lipinski definition) is 0. The maximum Gasteiger partial charge on any atom is 0.191 e. The summed E-state index contributed by atoms with van der Waals surface area (Å²) in [6, 6.07) is 0. The van der Waals surface area contributed by atoms with Gasteiger partial charge < -0.3 is 4.90 Å². The van der Waals surface area contributed by atoms with Crippen LogP contribution < -0.4 is 0 Å². The Morgan fingerprint density at radius 2 is 2.00 bits per heavy atom. The summed E-state index contributed by atoms with van der Waals surface area (Å²) in [4.78, 5) is 2.45. The van der Waals surface area contributed by atoms with Gasteiger partial charge in [0, 0.05) is 13.0 Å². The van der Waals surface area contributed by atoms with E-state index < -0.39 is 0 Å². The summed E-state index contributed by atoms with van der Waals surface area (Å²) in [6.45, 7) is 2.55. The first-order valence-electron chi connectivity index (χ1n) is 4.90. The number of piperidine rings is 1.